The fourth-order valence-corrected chi connectivity index (χ4v) is 2.57. The van der Waals surface area contributed by atoms with Gasteiger partial charge in [0.25, 0.3) is 5.69 Å². The molecule has 1 aliphatic rings. The number of fused-ring (bicyclic) bond motifs is 1. The van der Waals surface area contributed by atoms with Crippen molar-refractivity contribution >= 4 is 29.4 Å². The molecule has 3 rings (SSSR count). The second-order valence-corrected chi connectivity index (χ2v) is 6.21. The van der Waals surface area contributed by atoms with Crippen LogP contribution in [0, 0.1) is 17.0 Å². The standard InChI is InChI=1S/C19H18N4O6/c1-12-8-14(23(26)27)3-4-15(12)21-18(24)6-7-19(25)22-20-10-13-2-5-16-17(9-13)29-11-28-16/h2-5,8-10H,6-7,11H2,1H3,(H,21,24)(H,22,25). The lowest BCUT2D eigenvalue weighted by Crippen LogP contribution is -2.20. The van der Waals surface area contributed by atoms with Gasteiger partial charge in [-0.25, -0.2) is 5.43 Å². The van der Waals surface area contributed by atoms with Gasteiger partial charge >= 0.3 is 0 Å². The average Bonchev–Trinajstić information content (AvgIpc) is 3.15. The molecule has 150 valence electrons. The van der Waals surface area contributed by atoms with E-state index in [1.165, 1.54) is 24.4 Å². The number of hydrogen-bond donors (Lipinski definition) is 2. The van der Waals surface area contributed by atoms with Crippen LogP contribution in [0.15, 0.2) is 41.5 Å². The number of rotatable bonds is 7. The van der Waals surface area contributed by atoms with Gasteiger partial charge in [0.2, 0.25) is 18.6 Å². The zero-order valence-corrected chi connectivity index (χ0v) is 15.5. The molecule has 0 saturated carbocycles. The zero-order valence-electron chi connectivity index (χ0n) is 15.5. The molecule has 2 aromatic rings. The summed E-state index contributed by atoms with van der Waals surface area (Å²) in [6.45, 7) is 1.83. The molecule has 0 atom stereocenters. The molecule has 29 heavy (non-hydrogen) atoms. The van der Waals surface area contributed by atoms with Crippen molar-refractivity contribution in [2.45, 2.75) is 19.8 Å². The SMILES string of the molecule is Cc1cc([N+](=O)[O-])ccc1NC(=O)CCC(=O)NN=Cc1ccc2c(c1)OCO2. The minimum absolute atomic E-state index is 0.0538. The number of hydrazone groups is 1. The number of nitro benzene ring substituents is 1. The molecule has 2 amide bonds. The molecule has 0 radical (unpaired) electrons. The van der Waals surface area contributed by atoms with Crippen LogP contribution in [0.1, 0.15) is 24.0 Å². The van der Waals surface area contributed by atoms with Crippen LogP contribution in [0.3, 0.4) is 0 Å². The summed E-state index contributed by atoms with van der Waals surface area (Å²) in [7, 11) is 0. The van der Waals surface area contributed by atoms with E-state index in [9.17, 15) is 19.7 Å². The van der Waals surface area contributed by atoms with Crippen molar-refractivity contribution in [1.29, 1.82) is 0 Å². The maximum Gasteiger partial charge on any atom is 0.269 e. The molecule has 0 bridgehead atoms. The third kappa shape index (κ3) is 5.28. The molecular formula is C19H18N4O6. The quantitative estimate of drug-likeness (QED) is 0.418. The normalized spacial score (nSPS) is 12.0. The predicted molar refractivity (Wildman–Crippen MR) is 104 cm³/mol. The minimum Gasteiger partial charge on any atom is -0.454 e. The molecule has 0 saturated heterocycles. The molecule has 0 fully saturated rings. The Kier molecular flexibility index (Phi) is 6.03. The van der Waals surface area contributed by atoms with Crippen molar-refractivity contribution in [2.24, 2.45) is 5.10 Å². The Morgan fingerprint density at radius 2 is 1.90 bits per heavy atom. The molecule has 1 aliphatic heterocycles. The third-order valence-corrected chi connectivity index (χ3v) is 4.07. The van der Waals surface area contributed by atoms with E-state index in [2.05, 4.69) is 15.8 Å². The maximum atomic E-state index is 12.0. The van der Waals surface area contributed by atoms with Gasteiger partial charge < -0.3 is 14.8 Å². The summed E-state index contributed by atoms with van der Waals surface area (Å²) in [5, 5.41) is 17.2. The predicted octanol–water partition coefficient (Wildman–Crippen LogP) is 2.50. The molecule has 0 unspecified atom stereocenters. The molecule has 10 heteroatoms. The van der Waals surface area contributed by atoms with Crippen LogP contribution < -0.4 is 20.2 Å². The number of ether oxygens (including phenoxy) is 2. The number of anilines is 1. The van der Waals surface area contributed by atoms with E-state index in [1.807, 2.05) is 0 Å². The van der Waals surface area contributed by atoms with Gasteiger partial charge in [-0.3, -0.25) is 19.7 Å². The summed E-state index contributed by atoms with van der Waals surface area (Å²) >= 11 is 0. The number of carbonyl (C=O) groups is 2. The molecule has 10 nitrogen and oxygen atoms in total. The van der Waals surface area contributed by atoms with Crippen molar-refractivity contribution in [3.05, 3.63) is 57.6 Å². The molecule has 0 aromatic heterocycles. The number of carbonyl (C=O) groups excluding carboxylic acids is 2. The van der Waals surface area contributed by atoms with Crippen molar-refractivity contribution in [3.63, 3.8) is 0 Å². The third-order valence-electron chi connectivity index (χ3n) is 4.07. The van der Waals surface area contributed by atoms with Gasteiger partial charge in [-0.05, 0) is 42.3 Å². The first-order valence-corrected chi connectivity index (χ1v) is 8.69. The minimum atomic E-state index is -0.507. The van der Waals surface area contributed by atoms with Crippen molar-refractivity contribution in [1.82, 2.24) is 5.43 Å². The van der Waals surface area contributed by atoms with E-state index in [1.54, 1.807) is 25.1 Å². The van der Waals surface area contributed by atoms with Crippen LogP contribution in [0.4, 0.5) is 11.4 Å². The van der Waals surface area contributed by atoms with E-state index in [0.717, 1.165) is 5.56 Å². The Morgan fingerprint density at radius 1 is 1.14 bits per heavy atom. The Bertz CT molecular complexity index is 989. The van der Waals surface area contributed by atoms with Gasteiger partial charge in [-0.2, -0.15) is 5.10 Å². The van der Waals surface area contributed by atoms with E-state index in [0.29, 0.717) is 22.7 Å². The fourth-order valence-electron chi connectivity index (χ4n) is 2.57. The van der Waals surface area contributed by atoms with Gasteiger partial charge in [0.1, 0.15) is 0 Å². The average molecular weight is 398 g/mol. The first-order valence-electron chi connectivity index (χ1n) is 8.69. The lowest BCUT2D eigenvalue weighted by Gasteiger charge is -2.08. The van der Waals surface area contributed by atoms with E-state index in [4.69, 9.17) is 9.47 Å². The Balaban J connectivity index is 1.44. The number of nitrogens with zero attached hydrogens (tertiary/aromatic N) is 2. The second kappa shape index (κ2) is 8.83. The second-order valence-electron chi connectivity index (χ2n) is 6.21. The van der Waals surface area contributed by atoms with Crippen LogP contribution in [0.2, 0.25) is 0 Å². The summed E-state index contributed by atoms with van der Waals surface area (Å²) in [6, 6.07) is 9.38. The maximum absolute atomic E-state index is 12.0. The largest absolute Gasteiger partial charge is 0.454 e. The Morgan fingerprint density at radius 3 is 2.66 bits per heavy atom. The lowest BCUT2D eigenvalue weighted by atomic mass is 10.1. The highest BCUT2D eigenvalue weighted by Gasteiger charge is 2.13. The van der Waals surface area contributed by atoms with Crippen molar-refractivity contribution in [2.75, 3.05) is 12.1 Å². The van der Waals surface area contributed by atoms with Crippen LogP contribution in [-0.4, -0.2) is 29.7 Å². The number of nitro groups is 1. The van der Waals surface area contributed by atoms with Gasteiger partial charge in [-0.15, -0.1) is 0 Å². The summed E-state index contributed by atoms with van der Waals surface area (Å²) in [4.78, 5) is 34.1. The number of nitrogens with one attached hydrogen (secondary N) is 2. The first kappa shape index (κ1) is 19.8. The highest BCUT2D eigenvalue weighted by Crippen LogP contribution is 2.31. The Labute approximate surface area is 165 Å². The van der Waals surface area contributed by atoms with Gasteiger partial charge in [-0.1, -0.05) is 0 Å². The summed E-state index contributed by atoms with van der Waals surface area (Å²) in [5.74, 6) is 0.466. The number of aryl methyl sites for hydroxylation is 1. The molecule has 0 spiro atoms. The number of benzene rings is 2. The summed E-state index contributed by atoms with van der Waals surface area (Å²) < 4.78 is 10.5. The Hall–Kier alpha value is -3.95. The van der Waals surface area contributed by atoms with Crippen LogP contribution in [0.5, 0.6) is 11.5 Å². The van der Waals surface area contributed by atoms with Gasteiger partial charge in [0, 0.05) is 30.7 Å². The van der Waals surface area contributed by atoms with Crippen molar-refractivity contribution < 1.29 is 24.0 Å². The van der Waals surface area contributed by atoms with E-state index >= 15 is 0 Å². The zero-order chi connectivity index (χ0) is 20.8. The number of non-ortho nitro benzene ring substituents is 1. The highest BCUT2D eigenvalue weighted by molar-refractivity contribution is 5.94. The molecule has 2 N–H and O–H groups in total. The molecule has 2 aromatic carbocycles. The van der Waals surface area contributed by atoms with Crippen molar-refractivity contribution in [3.8, 4) is 11.5 Å². The van der Waals surface area contributed by atoms with E-state index < -0.39 is 10.8 Å². The topological polar surface area (TPSA) is 132 Å². The van der Waals surface area contributed by atoms with Gasteiger partial charge in [0.15, 0.2) is 11.5 Å². The fraction of sp³-hybridized carbons (Fsp3) is 0.211. The molecule has 1 heterocycles. The molecule has 0 aliphatic carbocycles. The summed E-state index contributed by atoms with van der Waals surface area (Å²) in [5.41, 5.74) is 4.04. The van der Waals surface area contributed by atoms with Crippen LogP contribution in [-0.2, 0) is 9.59 Å². The first-order chi connectivity index (χ1) is 13.9. The van der Waals surface area contributed by atoms with Gasteiger partial charge in [0.05, 0.1) is 11.1 Å². The summed E-state index contributed by atoms with van der Waals surface area (Å²) in [6.07, 6.45) is 1.35. The monoisotopic (exact) mass is 398 g/mol. The highest BCUT2D eigenvalue weighted by atomic mass is 16.7. The lowest BCUT2D eigenvalue weighted by molar-refractivity contribution is -0.384. The smallest absolute Gasteiger partial charge is 0.269 e. The molecular weight excluding hydrogens is 380 g/mol. The van der Waals surface area contributed by atoms with Crippen LogP contribution in [0.25, 0.3) is 0 Å². The van der Waals surface area contributed by atoms with E-state index in [-0.39, 0.29) is 31.2 Å². The number of amides is 2. The number of hydrogen-bond acceptors (Lipinski definition) is 7. The van der Waals surface area contributed by atoms with Crippen LogP contribution >= 0.6 is 0 Å².